The van der Waals surface area contributed by atoms with Crippen LogP contribution in [0, 0.1) is 0 Å². The Morgan fingerprint density at radius 2 is 2.33 bits per heavy atom. The molecule has 3 nitrogen and oxygen atoms in total. The lowest BCUT2D eigenvalue weighted by molar-refractivity contribution is -0.132. The van der Waals surface area contributed by atoms with E-state index < -0.39 is 0 Å². The van der Waals surface area contributed by atoms with E-state index in [0.29, 0.717) is 19.2 Å². The molecular formula is C6H13NO2. The monoisotopic (exact) mass is 131 g/mol. The van der Waals surface area contributed by atoms with Crippen molar-refractivity contribution in [3.05, 3.63) is 0 Å². The Bertz CT molecular complexity index is 95.1. The second-order valence-corrected chi connectivity index (χ2v) is 2.64. The van der Waals surface area contributed by atoms with E-state index in [-0.39, 0.29) is 6.10 Å². The molecule has 1 aliphatic heterocycles. The van der Waals surface area contributed by atoms with Gasteiger partial charge in [-0.3, -0.25) is 4.84 Å². The summed E-state index contributed by atoms with van der Waals surface area (Å²) in [6.45, 7) is 5.19. The molecule has 1 heterocycles. The molecule has 0 aromatic heterocycles. The van der Waals surface area contributed by atoms with Crippen LogP contribution in [-0.4, -0.2) is 35.5 Å². The van der Waals surface area contributed by atoms with E-state index >= 15 is 0 Å². The average Bonchev–Trinajstić information content (AvgIpc) is 2.14. The summed E-state index contributed by atoms with van der Waals surface area (Å²) in [5.74, 6) is 0. The smallest absolute Gasteiger partial charge is 0.0958 e. The van der Waals surface area contributed by atoms with Gasteiger partial charge in [-0.15, -0.1) is 0 Å². The van der Waals surface area contributed by atoms with Gasteiger partial charge in [-0.2, -0.15) is 5.06 Å². The van der Waals surface area contributed by atoms with Crippen LogP contribution in [0.5, 0.6) is 0 Å². The highest BCUT2D eigenvalue weighted by atomic mass is 16.7. The standard InChI is InChI=1S/C6H13NO2/c1-5(2)7-3-6(8)4-9-7/h5-6,8H,3-4H2,1-2H3. The first kappa shape index (κ1) is 6.99. The lowest BCUT2D eigenvalue weighted by Crippen LogP contribution is -2.27. The molecule has 0 aliphatic carbocycles. The summed E-state index contributed by atoms with van der Waals surface area (Å²) < 4.78 is 0. The highest BCUT2D eigenvalue weighted by Crippen LogP contribution is 2.08. The lowest BCUT2D eigenvalue weighted by atomic mass is 10.3. The topological polar surface area (TPSA) is 32.7 Å². The molecular weight excluding hydrogens is 118 g/mol. The number of aliphatic hydroxyl groups excluding tert-OH is 1. The molecule has 1 fully saturated rings. The SMILES string of the molecule is CC(C)N1CC(O)CO1. The fourth-order valence-electron chi connectivity index (χ4n) is 0.855. The number of rotatable bonds is 1. The van der Waals surface area contributed by atoms with Gasteiger partial charge >= 0.3 is 0 Å². The highest BCUT2D eigenvalue weighted by Gasteiger charge is 2.22. The Morgan fingerprint density at radius 3 is 2.56 bits per heavy atom. The van der Waals surface area contributed by atoms with Crippen molar-refractivity contribution in [2.24, 2.45) is 0 Å². The van der Waals surface area contributed by atoms with E-state index in [1.165, 1.54) is 0 Å². The van der Waals surface area contributed by atoms with E-state index in [9.17, 15) is 0 Å². The average molecular weight is 131 g/mol. The molecule has 0 saturated carbocycles. The van der Waals surface area contributed by atoms with Crippen molar-refractivity contribution in [3.8, 4) is 0 Å². The molecule has 1 aliphatic rings. The van der Waals surface area contributed by atoms with Gasteiger partial charge in [0.05, 0.1) is 19.3 Å². The van der Waals surface area contributed by atoms with E-state index in [0.717, 1.165) is 0 Å². The maximum atomic E-state index is 8.98. The Morgan fingerprint density at radius 1 is 1.67 bits per heavy atom. The first-order chi connectivity index (χ1) is 4.20. The summed E-state index contributed by atoms with van der Waals surface area (Å²) in [6.07, 6.45) is -0.285. The number of nitrogens with zero attached hydrogens (tertiary/aromatic N) is 1. The largest absolute Gasteiger partial charge is 0.389 e. The van der Waals surface area contributed by atoms with Crippen molar-refractivity contribution < 1.29 is 9.94 Å². The Balaban J connectivity index is 2.30. The summed E-state index contributed by atoms with van der Waals surface area (Å²) in [6, 6.07) is 0.377. The number of hydrogen-bond donors (Lipinski definition) is 1. The minimum Gasteiger partial charge on any atom is -0.389 e. The van der Waals surface area contributed by atoms with Crippen LogP contribution >= 0.6 is 0 Å². The zero-order chi connectivity index (χ0) is 6.85. The van der Waals surface area contributed by atoms with Gasteiger partial charge in [-0.1, -0.05) is 0 Å². The molecule has 0 spiro atoms. The minimum atomic E-state index is -0.285. The molecule has 1 rings (SSSR count). The maximum Gasteiger partial charge on any atom is 0.0958 e. The van der Waals surface area contributed by atoms with Gasteiger partial charge in [-0.25, -0.2) is 0 Å². The van der Waals surface area contributed by atoms with Gasteiger partial charge in [0.1, 0.15) is 0 Å². The maximum absolute atomic E-state index is 8.98. The molecule has 1 atom stereocenters. The quantitative estimate of drug-likeness (QED) is 0.544. The van der Waals surface area contributed by atoms with Crippen LogP contribution in [0.2, 0.25) is 0 Å². The predicted molar refractivity (Wildman–Crippen MR) is 33.8 cm³/mol. The van der Waals surface area contributed by atoms with E-state index in [2.05, 4.69) is 0 Å². The Kier molecular flexibility index (Phi) is 2.05. The van der Waals surface area contributed by atoms with Gasteiger partial charge in [0, 0.05) is 6.04 Å². The number of hydroxylamine groups is 2. The third-order valence-electron chi connectivity index (χ3n) is 1.40. The van der Waals surface area contributed by atoms with Gasteiger partial charge < -0.3 is 5.11 Å². The number of aliphatic hydroxyl groups is 1. The molecule has 0 amide bonds. The second-order valence-electron chi connectivity index (χ2n) is 2.64. The lowest BCUT2D eigenvalue weighted by Gasteiger charge is -2.16. The third-order valence-corrected chi connectivity index (χ3v) is 1.40. The van der Waals surface area contributed by atoms with Gasteiger partial charge in [0.25, 0.3) is 0 Å². The first-order valence-electron chi connectivity index (χ1n) is 3.28. The van der Waals surface area contributed by atoms with Crippen LogP contribution in [0.15, 0.2) is 0 Å². The Labute approximate surface area is 55.2 Å². The molecule has 9 heavy (non-hydrogen) atoms. The molecule has 1 saturated heterocycles. The zero-order valence-corrected chi connectivity index (χ0v) is 5.87. The van der Waals surface area contributed by atoms with Crippen molar-refractivity contribution in [3.63, 3.8) is 0 Å². The van der Waals surface area contributed by atoms with E-state index in [4.69, 9.17) is 9.94 Å². The van der Waals surface area contributed by atoms with Crippen molar-refractivity contribution in [2.75, 3.05) is 13.2 Å². The minimum absolute atomic E-state index is 0.285. The van der Waals surface area contributed by atoms with Gasteiger partial charge in [-0.05, 0) is 13.8 Å². The van der Waals surface area contributed by atoms with Gasteiger partial charge in [0.2, 0.25) is 0 Å². The molecule has 3 heteroatoms. The summed E-state index contributed by atoms with van der Waals surface area (Å²) in [4.78, 5) is 5.11. The molecule has 0 aromatic rings. The normalized spacial score (nSPS) is 30.0. The number of β-amino-alcohol motifs (C(OH)–C–C–N with tert-alkyl or cyclic N) is 1. The zero-order valence-electron chi connectivity index (χ0n) is 5.87. The molecule has 54 valence electrons. The van der Waals surface area contributed by atoms with Crippen molar-refractivity contribution >= 4 is 0 Å². The van der Waals surface area contributed by atoms with E-state index in [1.54, 1.807) is 5.06 Å². The summed E-state index contributed by atoms with van der Waals surface area (Å²) in [5.41, 5.74) is 0. The van der Waals surface area contributed by atoms with Crippen LogP contribution in [0.3, 0.4) is 0 Å². The van der Waals surface area contributed by atoms with E-state index in [1.807, 2.05) is 13.8 Å². The number of hydrogen-bond acceptors (Lipinski definition) is 3. The third kappa shape index (κ3) is 1.64. The summed E-state index contributed by atoms with van der Waals surface area (Å²) in [5, 5.41) is 10.8. The van der Waals surface area contributed by atoms with Crippen molar-refractivity contribution in [1.82, 2.24) is 5.06 Å². The van der Waals surface area contributed by atoms with Crippen molar-refractivity contribution in [2.45, 2.75) is 26.0 Å². The van der Waals surface area contributed by atoms with Gasteiger partial charge in [0.15, 0.2) is 0 Å². The van der Waals surface area contributed by atoms with Crippen LogP contribution < -0.4 is 0 Å². The van der Waals surface area contributed by atoms with Crippen LogP contribution in [-0.2, 0) is 4.84 Å². The second kappa shape index (κ2) is 2.64. The van der Waals surface area contributed by atoms with Crippen LogP contribution in [0.25, 0.3) is 0 Å². The van der Waals surface area contributed by atoms with Crippen LogP contribution in [0.1, 0.15) is 13.8 Å². The fraction of sp³-hybridized carbons (Fsp3) is 1.00. The predicted octanol–water partition coefficient (Wildman–Crippen LogP) is 0.00290. The summed E-state index contributed by atoms with van der Waals surface area (Å²) in [7, 11) is 0. The molecule has 1 N–H and O–H groups in total. The molecule has 1 unspecified atom stereocenters. The fourth-order valence-corrected chi connectivity index (χ4v) is 0.855. The molecule has 0 radical (unpaired) electrons. The van der Waals surface area contributed by atoms with Crippen LogP contribution in [0.4, 0.5) is 0 Å². The summed E-state index contributed by atoms with van der Waals surface area (Å²) >= 11 is 0. The highest BCUT2D eigenvalue weighted by molar-refractivity contribution is 4.66. The molecule has 0 bridgehead atoms. The Hall–Kier alpha value is -0.120. The first-order valence-corrected chi connectivity index (χ1v) is 3.28. The molecule has 0 aromatic carbocycles. The van der Waals surface area contributed by atoms with Crippen molar-refractivity contribution in [1.29, 1.82) is 0 Å².